The Morgan fingerprint density at radius 3 is 2.90 bits per heavy atom. The van der Waals surface area contributed by atoms with E-state index in [2.05, 4.69) is 40.1 Å². The number of pyridine rings is 1. The monoisotopic (exact) mass is 352 g/mol. The molecule has 112 valence electrons. The quantitative estimate of drug-likeness (QED) is 0.807. The Labute approximate surface area is 132 Å². The van der Waals surface area contributed by atoms with E-state index in [4.69, 9.17) is 4.74 Å². The molecule has 0 saturated heterocycles. The summed E-state index contributed by atoms with van der Waals surface area (Å²) < 4.78 is 19.6. The highest BCUT2D eigenvalue weighted by atomic mass is 79.9. The zero-order valence-electron chi connectivity index (χ0n) is 12.1. The van der Waals surface area contributed by atoms with Crippen LogP contribution < -0.4 is 10.1 Å². The molecule has 1 aromatic heterocycles. The zero-order chi connectivity index (χ0) is 15.2. The first kappa shape index (κ1) is 15.9. The predicted octanol–water partition coefficient (Wildman–Crippen LogP) is 4.84. The maximum absolute atomic E-state index is 13.3. The summed E-state index contributed by atoms with van der Waals surface area (Å²) in [4.78, 5) is 4.17. The van der Waals surface area contributed by atoms with E-state index in [9.17, 15) is 4.39 Å². The van der Waals surface area contributed by atoms with E-state index in [1.807, 2.05) is 12.1 Å². The second-order valence-electron chi connectivity index (χ2n) is 4.78. The molecule has 1 atom stereocenters. The molecule has 0 spiro atoms. The number of nitrogens with one attached hydrogen (secondary N) is 1. The topological polar surface area (TPSA) is 34.2 Å². The Morgan fingerprint density at radius 1 is 1.33 bits per heavy atom. The summed E-state index contributed by atoms with van der Waals surface area (Å²) >= 11 is 3.34. The lowest BCUT2D eigenvalue weighted by Crippen LogP contribution is -2.19. The number of ether oxygens (including phenoxy) is 1. The van der Waals surface area contributed by atoms with Gasteiger partial charge in [0, 0.05) is 24.4 Å². The van der Waals surface area contributed by atoms with Gasteiger partial charge in [0.05, 0.1) is 4.47 Å². The fraction of sp³-hybridized carbons (Fsp3) is 0.312. The minimum absolute atomic E-state index is 0.214. The number of nitrogens with zero attached hydrogens (tertiary/aromatic N) is 1. The van der Waals surface area contributed by atoms with Gasteiger partial charge in [-0.05, 0) is 59.6 Å². The van der Waals surface area contributed by atoms with E-state index in [1.165, 1.54) is 12.1 Å². The third-order valence-electron chi connectivity index (χ3n) is 3.07. The Hall–Kier alpha value is -1.46. The van der Waals surface area contributed by atoms with E-state index in [-0.39, 0.29) is 11.9 Å². The summed E-state index contributed by atoms with van der Waals surface area (Å²) in [5, 5.41) is 3.41. The van der Waals surface area contributed by atoms with E-state index < -0.39 is 0 Å². The van der Waals surface area contributed by atoms with Crippen molar-refractivity contribution in [2.24, 2.45) is 0 Å². The molecule has 0 aliphatic heterocycles. The molecule has 1 heterocycles. The molecule has 0 aliphatic rings. The minimum Gasteiger partial charge on any atom is -0.438 e. The molecule has 1 aromatic carbocycles. The van der Waals surface area contributed by atoms with Gasteiger partial charge in [-0.1, -0.05) is 6.92 Å². The number of hydrogen-bond donors (Lipinski definition) is 1. The summed E-state index contributed by atoms with van der Waals surface area (Å²) in [6.07, 6.45) is 2.77. The van der Waals surface area contributed by atoms with Crippen LogP contribution in [-0.2, 0) is 0 Å². The van der Waals surface area contributed by atoms with Crippen LogP contribution in [0.5, 0.6) is 11.6 Å². The number of benzene rings is 1. The van der Waals surface area contributed by atoms with Crippen molar-refractivity contribution in [2.45, 2.75) is 26.3 Å². The van der Waals surface area contributed by atoms with Crippen molar-refractivity contribution in [1.29, 1.82) is 0 Å². The Bertz CT molecular complexity index is 607. The van der Waals surface area contributed by atoms with Crippen molar-refractivity contribution >= 4 is 15.9 Å². The number of aromatic nitrogens is 1. The van der Waals surface area contributed by atoms with Gasteiger partial charge in [-0.25, -0.2) is 9.37 Å². The average molecular weight is 353 g/mol. The third-order valence-corrected chi connectivity index (χ3v) is 3.72. The lowest BCUT2D eigenvalue weighted by Gasteiger charge is -2.14. The highest BCUT2D eigenvalue weighted by molar-refractivity contribution is 9.10. The molecule has 0 bridgehead atoms. The third kappa shape index (κ3) is 4.51. The van der Waals surface area contributed by atoms with Crippen LogP contribution in [0.3, 0.4) is 0 Å². The molecular formula is C16H18BrFN2O. The molecule has 1 N–H and O–H groups in total. The molecule has 0 aliphatic carbocycles. The Kier molecular flexibility index (Phi) is 5.70. The molecule has 3 nitrogen and oxygen atoms in total. The minimum atomic E-state index is -0.345. The number of rotatable bonds is 6. The van der Waals surface area contributed by atoms with Crippen LogP contribution in [0.15, 0.2) is 41.0 Å². The normalized spacial score (nSPS) is 12.2. The first-order valence-corrected chi connectivity index (χ1v) is 7.71. The predicted molar refractivity (Wildman–Crippen MR) is 85.1 cm³/mol. The van der Waals surface area contributed by atoms with Crippen molar-refractivity contribution in [3.05, 3.63) is 52.4 Å². The molecule has 2 aromatic rings. The summed E-state index contributed by atoms with van der Waals surface area (Å²) in [7, 11) is 0. The van der Waals surface area contributed by atoms with Crippen molar-refractivity contribution in [3.63, 3.8) is 0 Å². The molecular weight excluding hydrogens is 335 g/mol. The summed E-state index contributed by atoms with van der Waals surface area (Å²) in [6, 6.07) is 8.34. The largest absolute Gasteiger partial charge is 0.438 e. The van der Waals surface area contributed by atoms with Crippen LogP contribution in [0.25, 0.3) is 0 Å². The number of halogens is 2. The molecule has 5 heteroatoms. The van der Waals surface area contributed by atoms with Crippen LogP contribution in [0.4, 0.5) is 4.39 Å². The first-order valence-electron chi connectivity index (χ1n) is 6.92. The van der Waals surface area contributed by atoms with Crippen LogP contribution >= 0.6 is 15.9 Å². The van der Waals surface area contributed by atoms with Crippen LogP contribution in [0.2, 0.25) is 0 Å². The fourth-order valence-corrected chi connectivity index (χ4v) is 2.22. The maximum Gasteiger partial charge on any atom is 0.219 e. The molecule has 0 saturated carbocycles. The fourth-order valence-electron chi connectivity index (χ4n) is 1.90. The molecule has 0 fully saturated rings. The van der Waals surface area contributed by atoms with Gasteiger partial charge >= 0.3 is 0 Å². The summed E-state index contributed by atoms with van der Waals surface area (Å²) in [5.41, 5.74) is 1.08. The van der Waals surface area contributed by atoms with Crippen molar-refractivity contribution in [2.75, 3.05) is 6.54 Å². The van der Waals surface area contributed by atoms with Gasteiger partial charge in [0.25, 0.3) is 0 Å². The van der Waals surface area contributed by atoms with E-state index >= 15 is 0 Å². The van der Waals surface area contributed by atoms with Crippen molar-refractivity contribution < 1.29 is 9.13 Å². The van der Waals surface area contributed by atoms with Gasteiger partial charge in [-0.3, -0.25) is 0 Å². The maximum atomic E-state index is 13.3. The lowest BCUT2D eigenvalue weighted by atomic mass is 10.1. The average Bonchev–Trinajstić information content (AvgIpc) is 2.49. The smallest absolute Gasteiger partial charge is 0.219 e. The Balaban J connectivity index is 2.15. The molecule has 0 radical (unpaired) electrons. The van der Waals surface area contributed by atoms with Gasteiger partial charge in [0.15, 0.2) is 0 Å². The van der Waals surface area contributed by atoms with E-state index in [1.54, 1.807) is 12.3 Å². The van der Waals surface area contributed by atoms with Crippen LogP contribution in [-0.4, -0.2) is 11.5 Å². The lowest BCUT2D eigenvalue weighted by molar-refractivity contribution is 0.452. The van der Waals surface area contributed by atoms with Crippen LogP contribution in [0, 0.1) is 5.82 Å². The summed E-state index contributed by atoms with van der Waals surface area (Å²) in [6.45, 7) is 5.17. The molecule has 21 heavy (non-hydrogen) atoms. The molecule has 2 rings (SSSR count). The van der Waals surface area contributed by atoms with Gasteiger partial charge in [0.1, 0.15) is 11.6 Å². The highest BCUT2D eigenvalue weighted by Crippen LogP contribution is 2.30. The van der Waals surface area contributed by atoms with Crippen LogP contribution in [0.1, 0.15) is 31.9 Å². The van der Waals surface area contributed by atoms with Crippen molar-refractivity contribution in [3.8, 4) is 11.6 Å². The standard InChI is InChI=1S/C16H18BrFN2O/c1-3-7-19-11(2)12-6-8-20-16(9-12)21-15-10-13(18)4-5-14(15)17/h4-6,8-11,19H,3,7H2,1-2H3. The first-order chi connectivity index (χ1) is 10.1. The number of hydrogen-bond acceptors (Lipinski definition) is 3. The van der Waals surface area contributed by atoms with Gasteiger partial charge in [0.2, 0.25) is 5.88 Å². The van der Waals surface area contributed by atoms with Gasteiger partial charge < -0.3 is 10.1 Å². The zero-order valence-corrected chi connectivity index (χ0v) is 13.7. The van der Waals surface area contributed by atoms with E-state index in [0.29, 0.717) is 16.1 Å². The van der Waals surface area contributed by atoms with E-state index in [0.717, 1.165) is 18.5 Å². The Morgan fingerprint density at radius 2 is 2.14 bits per heavy atom. The van der Waals surface area contributed by atoms with Crippen molar-refractivity contribution in [1.82, 2.24) is 10.3 Å². The second kappa shape index (κ2) is 7.52. The SMILES string of the molecule is CCCNC(C)c1ccnc(Oc2cc(F)ccc2Br)c1. The highest BCUT2D eigenvalue weighted by Gasteiger charge is 2.09. The van der Waals surface area contributed by atoms with Gasteiger partial charge in [-0.2, -0.15) is 0 Å². The molecule has 0 amide bonds. The second-order valence-corrected chi connectivity index (χ2v) is 5.63. The molecule has 1 unspecified atom stereocenters. The summed E-state index contributed by atoms with van der Waals surface area (Å²) in [5.74, 6) is 0.514. The van der Waals surface area contributed by atoms with Gasteiger partial charge in [-0.15, -0.1) is 0 Å².